The third kappa shape index (κ3) is 5.89. The Morgan fingerprint density at radius 2 is 1.68 bits per heavy atom. The van der Waals surface area contributed by atoms with E-state index in [9.17, 15) is 9.59 Å². The number of aromatic nitrogens is 1. The highest BCUT2D eigenvalue weighted by atomic mass is 16.5. The number of carbonyl (C=O) groups is 2. The molecule has 5 aromatic rings. The zero-order chi connectivity index (χ0) is 28.0. The molecule has 1 unspecified atom stereocenters. The van der Waals surface area contributed by atoms with E-state index in [4.69, 9.17) is 9.15 Å². The molecule has 0 saturated heterocycles. The summed E-state index contributed by atoms with van der Waals surface area (Å²) in [7, 11) is 0. The van der Waals surface area contributed by atoms with Gasteiger partial charge in [0.05, 0.1) is 18.3 Å². The Morgan fingerprint density at radius 3 is 2.46 bits per heavy atom. The average molecular weight is 544 g/mol. The van der Waals surface area contributed by atoms with Gasteiger partial charge in [0.2, 0.25) is 0 Å². The summed E-state index contributed by atoms with van der Waals surface area (Å²) < 4.78 is 11.9. The molecular weight excluding hydrogens is 514 g/mol. The third-order valence-corrected chi connectivity index (χ3v) is 7.17. The predicted octanol–water partition coefficient (Wildman–Crippen LogP) is 5.97. The lowest BCUT2D eigenvalue weighted by Gasteiger charge is -2.38. The van der Waals surface area contributed by atoms with E-state index in [2.05, 4.69) is 28.5 Å². The van der Waals surface area contributed by atoms with Gasteiger partial charge >= 0.3 is 0 Å². The molecule has 0 radical (unpaired) electrons. The van der Waals surface area contributed by atoms with Gasteiger partial charge in [0.1, 0.15) is 18.1 Å². The van der Waals surface area contributed by atoms with Gasteiger partial charge in [-0.05, 0) is 71.6 Å². The number of hydrogen-bond acceptors (Lipinski definition) is 5. The van der Waals surface area contributed by atoms with Gasteiger partial charge in [0.15, 0.2) is 5.76 Å². The topological polar surface area (TPSA) is 84.7 Å². The second-order valence-electron chi connectivity index (χ2n) is 9.85. The average Bonchev–Trinajstić information content (AvgIpc) is 3.52. The summed E-state index contributed by atoms with van der Waals surface area (Å²) in [6.07, 6.45) is 2.44. The summed E-state index contributed by atoms with van der Waals surface area (Å²) in [6, 6.07) is 34.2. The number of amides is 2. The van der Waals surface area contributed by atoms with Gasteiger partial charge in [-0.2, -0.15) is 0 Å². The molecule has 0 bridgehead atoms. The zero-order valence-corrected chi connectivity index (χ0v) is 22.4. The molecule has 0 spiro atoms. The Kier molecular flexibility index (Phi) is 7.58. The number of carbonyl (C=O) groups excluding carboxylic acids is 2. The van der Waals surface area contributed by atoms with Crippen molar-refractivity contribution < 1.29 is 18.7 Å². The summed E-state index contributed by atoms with van der Waals surface area (Å²) in [5.74, 6) is 1.09. The van der Waals surface area contributed by atoms with Crippen molar-refractivity contribution in [3.8, 4) is 5.75 Å². The van der Waals surface area contributed by atoms with E-state index in [1.54, 1.807) is 18.3 Å². The van der Waals surface area contributed by atoms with Crippen LogP contribution in [0.5, 0.6) is 5.75 Å². The lowest BCUT2D eigenvalue weighted by Crippen LogP contribution is -2.40. The first-order valence-electron chi connectivity index (χ1n) is 13.6. The van der Waals surface area contributed by atoms with E-state index in [0.717, 1.165) is 23.2 Å². The number of ether oxygens (including phenoxy) is 1. The van der Waals surface area contributed by atoms with E-state index < -0.39 is 0 Å². The monoisotopic (exact) mass is 543 g/mol. The minimum atomic E-state index is -0.315. The van der Waals surface area contributed by atoms with Crippen LogP contribution in [0.4, 0.5) is 0 Å². The molecule has 1 N–H and O–H groups in total. The van der Waals surface area contributed by atoms with Crippen LogP contribution in [0.15, 0.2) is 120 Å². The fraction of sp³-hybridized carbons (Fsp3) is 0.147. The van der Waals surface area contributed by atoms with Crippen LogP contribution < -0.4 is 10.1 Å². The molecule has 3 aromatic carbocycles. The van der Waals surface area contributed by atoms with Gasteiger partial charge < -0.3 is 19.4 Å². The zero-order valence-electron chi connectivity index (χ0n) is 22.4. The van der Waals surface area contributed by atoms with Crippen LogP contribution in [0.25, 0.3) is 0 Å². The number of rotatable bonds is 8. The van der Waals surface area contributed by atoms with E-state index in [1.807, 2.05) is 83.8 Å². The second kappa shape index (κ2) is 11.9. The smallest absolute Gasteiger partial charge is 0.287 e. The van der Waals surface area contributed by atoms with Gasteiger partial charge in [-0.3, -0.25) is 14.6 Å². The van der Waals surface area contributed by atoms with E-state index in [1.165, 1.54) is 5.56 Å². The third-order valence-electron chi connectivity index (χ3n) is 7.17. The molecule has 7 heteroatoms. The van der Waals surface area contributed by atoms with E-state index in [0.29, 0.717) is 30.2 Å². The lowest BCUT2D eigenvalue weighted by atomic mass is 9.87. The second-order valence-corrected chi connectivity index (χ2v) is 9.85. The molecule has 1 aliphatic heterocycles. The van der Waals surface area contributed by atoms with E-state index in [-0.39, 0.29) is 30.2 Å². The van der Waals surface area contributed by atoms with Crippen molar-refractivity contribution in [2.24, 2.45) is 0 Å². The number of benzene rings is 3. The number of nitrogens with zero attached hydrogens (tertiary/aromatic N) is 2. The van der Waals surface area contributed by atoms with Crippen LogP contribution in [-0.4, -0.2) is 28.2 Å². The van der Waals surface area contributed by atoms with Gasteiger partial charge in [0, 0.05) is 18.3 Å². The van der Waals surface area contributed by atoms with Crippen molar-refractivity contribution in [2.75, 3.05) is 6.54 Å². The van der Waals surface area contributed by atoms with Crippen LogP contribution in [-0.2, 0) is 19.6 Å². The van der Waals surface area contributed by atoms with Crippen LogP contribution >= 0.6 is 0 Å². The summed E-state index contributed by atoms with van der Waals surface area (Å²) in [4.78, 5) is 32.3. The van der Waals surface area contributed by atoms with Crippen LogP contribution in [0, 0.1) is 0 Å². The van der Waals surface area contributed by atoms with Crippen molar-refractivity contribution in [3.63, 3.8) is 0 Å². The Hall–Kier alpha value is -5.17. The quantitative estimate of drug-likeness (QED) is 0.261. The van der Waals surface area contributed by atoms with Gasteiger partial charge in [-0.15, -0.1) is 0 Å². The lowest BCUT2D eigenvalue weighted by molar-refractivity contribution is 0.0694. The van der Waals surface area contributed by atoms with Crippen molar-refractivity contribution in [1.82, 2.24) is 15.2 Å². The molecule has 0 saturated carbocycles. The number of fused-ring (bicyclic) bond motifs is 1. The van der Waals surface area contributed by atoms with Crippen molar-refractivity contribution in [2.45, 2.75) is 25.6 Å². The molecule has 204 valence electrons. The van der Waals surface area contributed by atoms with Crippen molar-refractivity contribution in [1.29, 1.82) is 0 Å². The van der Waals surface area contributed by atoms with Crippen LogP contribution in [0.3, 0.4) is 0 Å². The van der Waals surface area contributed by atoms with Gasteiger partial charge in [0.25, 0.3) is 11.8 Å². The fourth-order valence-corrected chi connectivity index (χ4v) is 5.14. The maximum atomic E-state index is 13.6. The first kappa shape index (κ1) is 26.1. The summed E-state index contributed by atoms with van der Waals surface area (Å²) >= 11 is 0. The molecule has 1 atom stereocenters. The number of nitrogens with one attached hydrogen (secondary N) is 1. The minimum absolute atomic E-state index is 0.000798. The predicted molar refractivity (Wildman–Crippen MR) is 154 cm³/mol. The number of pyridine rings is 1. The first-order valence-corrected chi connectivity index (χ1v) is 13.6. The molecule has 2 aromatic heterocycles. The highest BCUT2D eigenvalue weighted by Gasteiger charge is 2.33. The maximum Gasteiger partial charge on any atom is 0.287 e. The van der Waals surface area contributed by atoms with Gasteiger partial charge in [-0.1, -0.05) is 60.7 Å². The molecule has 0 fully saturated rings. The largest absolute Gasteiger partial charge is 0.486 e. The Labute approximate surface area is 238 Å². The summed E-state index contributed by atoms with van der Waals surface area (Å²) in [5.41, 5.74) is 4.71. The van der Waals surface area contributed by atoms with Crippen LogP contribution in [0.1, 0.15) is 55.1 Å². The molecule has 3 heterocycles. The first-order chi connectivity index (χ1) is 20.2. The molecule has 41 heavy (non-hydrogen) atoms. The number of hydrogen-bond donors (Lipinski definition) is 1. The molecular formula is C34H29N3O4. The molecule has 1 aliphatic rings. The normalized spacial score (nSPS) is 14.2. The maximum absolute atomic E-state index is 13.6. The molecule has 6 rings (SSSR count). The summed E-state index contributed by atoms with van der Waals surface area (Å²) in [5, 5.41) is 2.81. The highest BCUT2D eigenvalue weighted by Crippen LogP contribution is 2.38. The fourth-order valence-electron chi connectivity index (χ4n) is 5.14. The standard InChI is InChI=1S/C34H29N3O4/c38-33(36-22-27-13-7-8-19-35-27)31-17-16-29(41-31)23-40-28-15-14-24-18-20-37(34(39)26-11-5-2-6-12-26)32(30(24)21-28)25-9-3-1-4-10-25/h1-17,19,21,32H,18,20,22-23H2,(H,36,38). The van der Waals surface area contributed by atoms with Crippen molar-refractivity contribution in [3.05, 3.63) is 155 Å². The van der Waals surface area contributed by atoms with Crippen molar-refractivity contribution >= 4 is 11.8 Å². The Bertz CT molecular complexity index is 1630. The van der Waals surface area contributed by atoms with E-state index >= 15 is 0 Å². The highest BCUT2D eigenvalue weighted by molar-refractivity contribution is 5.95. The Morgan fingerprint density at radius 1 is 0.902 bits per heavy atom. The molecule has 7 nitrogen and oxygen atoms in total. The van der Waals surface area contributed by atoms with Crippen LogP contribution in [0.2, 0.25) is 0 Å². The SMILES string of the molecule is O=C(NCc1ccccn1)c1ccc(COc2ccc3c(c2)C(c2ccccc2)N(C(=O)c2ccccc2)CC3)o1. The molecule has 2 amide bonds. The summed E-state index contributed by atoms with van der Waals surface area (Å²) in [6.45, 7) is 1.10. The Balaban J connectivity index is 1.18. The number of furan rings is 1. The van der Waals surface area contributed by atoms with Gasteiger partial charge in [-0.25, -0.2) is 0 Å². The minimum Gasteiger partial charge on any atom is -0.486 e. The molecule has 0 aliphatic carbocycles.